The number of benzene rings is 1. The topological polar surface area (TPSA) is 63.3 Å². The number of nitrogens with two attached hydrogens (primary N) is 1. The van der Waals surface area contributed by atoms with Gasteiger partial charge >= 0.3 is 0 Å². The fraction of sp³-hybridized carbons (Fsp3) is 0.0833. The number of phenolic OH excluding ortho intramolecular Hbond substituents is 1. The molecule has 0 saturated heterocycles. The summed E-state index contributed by atoms with van der Waals surface area (Å²) in [6, 6.07) is 8.80. The van der Waals surface area contributed by atoms with Gasteiger partial charge in [0.1, 0.15) is 5.75 Å². The molecular weight excluding hydrogens is 222 g/mol. The highest BCUT2D eigenvalue weighted by Gasteiger charge is 2.11. The minimum absolute atomic E-state index is 0.242. The second kappa shape index (κ2) is 4.37. The highest BCUT2D eigenvalue weighted by atomic mass is 32.1. The van der Waals surface area contributed by atoms with Crippen LogP contribution in [0.1, 0.15) is 20.8 Å². The molecule has 0 aliphatic heterocycles. The number of carbonyl (C=O) groups excluding carboxylic acids is 1. The first-order valence-electron chi connectivity index (χ1n) is 4.81. The molecule has 0 saturated carbocycles. The summed E-state index contributed by atoms with van der Waals surface area (Å²) in [7, 11) is 0. The Bertz CT molecular complexity index is 519. The van der Waals surface area contributed by atoms with Crippen molar-refractivity contribution in [3.05, 3.63) is 51.7 Å². The molecule has 3 N–H and O–H groups in total. The van der Waals surface area contributed by atoms with Gasteiger partial charge in [-0.25, -0.2) is 0 Å². The number of para-hydroxylation sites is 1. The van der Waals surface area contributed by atoms with Gasteiger partial charge in [-0.15, -0.1) is 11.3 Å². The van der Waals surface area contributed by atoms with E-state index in [0.29, 0.717) is 12.0 Å². The smallest absolute Gasteiger partial charge is 0.249 e. The maximum Gasteiger partial charge on any atom is 0.249 e. The number of hydrogen-bond donors (Lipinski definition) is 2. The molecule has 82 valence electrons. The minimum Gasteiger partial charge on any atom is -0.508 e. The summed E-state index contributed by atoms with van der Waals surface area (Å²) in [5, 5.41) is 11.5. The standard InChI is InChI=1S/C12H11NO2S/c13-12(15)9-5-6-16-11(9)7-8-3-1-2-4-10(8)14/h1-6,14H,7H2,(H2,13,15). The van der Waals surface area contributed by atoms with E-state index in [1.807, 2.05) is 17.5 Å². The number of carbonyl (C=O) groups is 1. The number of hydrogen-bond acceptors (Lipinski definition) is 3. The Hall–Kier alpha value is -1.81. The van der Waals surface area contributed by atoms with E-state index in [1.54, 1.807) is 18.2 Å². The van der Waals surface area contributed by atoms with Crippen LogP contribution in [0.25, 0.3) is 0 Å². The van der Waals surface area contributed by atoms with Crippen LogP contribution in [0.5, 0.6) is 5.75 Å². The van der Waals surface area contributed by atoms with Crippen LogP contribution in [0.3, 0.4) is 0 Å². The molecule has 1 heterocycles. The first kappa shape index (κ1) is 10.7. The molecule has 0 unspecified atom stereocenters. The number of primary amides is 1. The van der Waals surface area contributed by atoms with Crippen LogP contribution in [0.4, 0.5) is 0 Å². The zero-order valence-electron chi connectivity index (χ0n) is 8.51. The van der Waals surface area contributed by atoms with Crippen molar-refractivity contribution in [3.8, 4) is 5.75 Å². The van der Waals surface area contributed by atoms with Crippen molar-refractivity contribution in [1.29, 1.82) is 0 Å². The Morgan fingerprint density at radius 3 is 2.75 bits per heavy atom. The maximum absolute atomic E-state index is 11.1. The zero-order valence-corrected chi connectivity index (χ0v) is 9.33. The van der Waals surface area contributed by atoms with E-state index >= 15 is 0 Å². The maximum atomic E-state index is 11.1. The first-order valence-corrected chi connectivity index (χ1v) is 5.69. The number of phenols is 1. The second-order valence-corrected chi connectivity index (χ2v) is 4.43. The Morgan fingerprint density at radius 1 is 1.31 bits per heavy atom. The van der Waals surface area contributed by atoms with Crippen LogP contribution in [0.15, 0.2) is 35.7 Å². The van der Waals surface area contributed by atoms with Crippen LogP contribution >= 0.6 is 11.3 Å². The molecule has 0 aliphatic carbocycles. The van der Waals surface area contributed by atoms with Crippen LogP contribution in [0, 0.1) is 0 Å². The van der Waals surface area contributed by atoms with Gasteiger partial charge in [0.2, 0.25) is 5.91 Å². The molecule has 16 heavy (non-hydrogen) atoms. The molecule has 3 nitrogen and oxygen atoms in total. The molecule has 4 heteroatoms. The molecular formula is C12H11NO2S. The normalized spacial score (nSPS) is 10.2. The van der Waals surface area contributed by atoms with Crippen LogP contribution in [-0.2, 0) is 6.42 Å². The molecule has 0 aliphatic rings. The summed E-state index contributed by atoms with van der Waals surface area (Å²) >= 11 is 1.47. The lowest BCUT2D eigenvalue weighted by molar-refractivity contribution is 0.1000. The van der Waals surface area contributed by atoms with E-state index in [1.165, 1.54) is 11.3 Å². The molecule has 0 fully saturated rings. The predicted molar refractivity (Wildman–Crippen MR) is 63.7 cm³/mol. The lowest BCUT2D eigenvalue weighted by atomic mass is 10.1. The van der Waals surface area contributed by atoms with Crippen molar-refractivity contribution >= 4 is 17.2 Å². The van der Waals surface area contributed by atoms with Crippen LogP contribution in [0.2, 0.25) is 0 Å². The molecule has 0 bridgehead atoms. The van der Waals surface area contributed by atoms with Crippen molar-refractivity contribution in [3.63, 3.8) is 0 Å². The summed E-state index contributed by atoms with van der Waals surface area (Å²) < 4.78 is 0. The van der Waals surface area contributed by atoms with Crippen molar-refractivity contribution in [2.24, 2.45) is 5.73 Å². The lowest BCUT2D eigenvalue weighted by Crippen LogP contribution is -2.11. The second-order valence-electron chi connectivity index (χ2n) is 3.43. The summed E-state index contributed by atoms with van der Waals surface area (Å²) in [5.74, 6) is -0.182. The summed E-state index contributed by atoms with van der Waals surface area (Å²) in [4.78, 5) is 12.0. The van der Waals surface area contributed by atoms with Crippen LogP contribution < -0.4 is 5.73 Å². The lowest BCUT2D eigenvalue weighted by Gasteiger charge is -2.03. The van der Waals surface area contributed by atoms with Crippen molar-refractivity contribution in [2.45, 2.75) is 6.42 Å². The third-order valence-corrected chi connectivity index (χ3v) is 3.27. The molecule has 1 amide bonds. The quantitative estimate of drug-likeness (QED) is 0.853. The van der Waals surface area contributed by atoms with Crippen molar-refractivity contribution in [1.82, 2.24) is 0 Å². The SMILES string of the molecule is NC(=O)c1ccsc1Cc1ccccc1O. The molecule has 1 aromatic heterocycles. The first-order chi connectivity index (χ1) is 7.68. The molecule has 0 atom stereocenters. The minimum atomic E-state index is -0.424. The third kappa shape index (κ3) is 2.06. The van der Waals surface area contributed by atoms with Gasteiger partial charge in [0.15, 0.2) is 0 Å². The average Bonchev–Trinajstić information content (AvgIpc) is 2.69. The number of rotatable bonds is 3. The average molecular weight is 233 g/mol. The molecule has 2 rings (SSSR count). The number of amides is 1. The zero-order chi connectivity index (χ0) is 11.5. The molecule has 0 spiro atoms. The van der Waals surface area contributed by atoms with Crippen LogP contribution in [-0.4, -0.2) is 11.0 Å². The van der Waals surface area contributed by atoms with Gasteiger partial charge in [-0.3, -0.25) is 4.79 Å². The van der Waals surface area contributed by atoms with E-state index in [-0.39, 0.29) is 5.75 Å². The van der Waals surface area contributed by atoms with Crippen molar-refractivity contribution in [2.75, 3.05) is 0 Å². The van der Waals surface area contributed by atoms with Gasteiger partial charge in [-0.1, -0.05) is 18.2 Å². The van der Waals surface area contributed by atoms with Gasteiger partial charge in [-0.2, -0.15) is 0 Å². The molecule has 2 aromatic rings. The third-order valence-electron chi connectivity index (χ3n) is 2.35. The summed E-state index contributed by atoms with van der Waals surface area (Å²) in [5.41, 5.74) is 6.59. The highest BCUT2D eigenvalue weighted by Crippen LogP contribution is 2.24. The van der Waals surface area contributed by atoms with E-state index in [0.717, 1.165) is 10.4 Å². The van der Waals surface area contributed by atoms with Crippen molar-refractivity contribution < 1.29 is 9.90 Å². The fourth-order valence-corrected chi connectivity index (χ4v) is 2.43. The van der Waals surface area contributed by atoms with Gasteiger partial charge in [0.05, 0.1) is 5.56 Å². The van der Waals surface area contributed by atoms with E-state index in [2.05, 4.69) is 0 Å². The summed E-state index contributed by atoms with van der Waals surface area (Å²) in [6.45, 7) is 0. The van der Waals surface area contributed by atoms with Gasteiger partial charge < -0.3 is 10.8 Å². The Kier molecular flexibility index (Phi) is 2.92. The van der Waals surface area contributed by atoms with E-state index in [4.69, 9.17) is 5.73 Å². The molecule has 0 radical (unpaired) electrons. The molecule has 1 aromatic carbocycles. The highest BCUT2D eigenvalue weighted by molar-refractivity contribution is 7.10. The van der Waals surface area contributed by atoms with E-state index < -0.39 is 5.91 Å². The Balaban J connectivity index is 2.31. The fourth-order valence-electron chi connectivity index (χ4n) is 1.53. The monoisotopic (exact) mass is 233 g/mol. The largest absolute Gasteiger partial charge is 0.508 e. The number of thiophene rings is 1. The summed E-state index contributed by atoms with van der Waals surface area (Å²) in [6.07, 6.45) is 0.530. The number of aromatic hydroxyl groups is 1. The Labute approximate surface area is 97.2 Å². The van der Waals surface area contributed by atoms with E-state index in [9.17, 15) is 9.90 Å². The van der Waals surface area contributed by atoms with Gasteiger partial charge in [-0.05, 0) is 23.1 Å². The van der Waals surface area contributed by atoms with Gasteiger partial charge in [0, 0.05) is 11.3 Å². The van der Waals surface area contributed by atoms with Gasteiger partial charge in [0.25, 0.3) is 0 Å². The Morgan fingerprint density at radius 2 is 2.06 bits per heavy atom. The predicted octanol–water partition coefficient (Wildman–Crippen LogP) is 2.14.